The molecule has 0 saturated carbocycles. The fourth-order valence-corrected chi connectivity index (χ4v) is 2.30. The molecule has 1 atom stereocenters. The van der Waals surface area contributed by atoms with Gasteiger partial charge in [0.25, 0.3) is 0 Å². The lowest BCUT2D eigenvalue weighted by molar-refractivity contribution is 0.395. The molecule has 0 spiro atoms. The number of halogens is 1. The Labute approximate surface area is 108 Å². The van der Waals surface area contributed by atoms with Gasteiger partial charge in [0.2, 0.25) is 0 Å². The minimum Gasteiger partial charge on any atom is -0.312 e. The average Bonchev–Trinajstić information content (AvgIpc) is 2.24. The second-order valence-corrected chi connectivity index (χ2v) is 6.54. The molecule has 0 aromatic heterocycles. The highest BCUT2D eigenvalue weighted by atomic mass is 32.2. The maximum absolute atomic E-state index is 13.4. The summed E-state index contributed by atoms with van der Waals surface area (Å²) in [4.78, 5) is 0.745. The Morgan fingerprint density at radius 3 is 2.53 bits per heavy atom. The zero-order valence-electron chi connectivity index (χ0n) is 11.1. The summed E-state index contributed by atoms with van der Waals surface area (Å²) in [5.74, 6) is 1.34. The normalized spacial score (nSPS) is 13.7. The van der Waals surface area contributed by atoms with Crippen LogP contribution in [-0.2, 0) is 0 Å². The third kappa shape index (κ3) is 6.08. The molecule has 1 aromatic rings. The zero-order valence-corrected chi connectivity index (χ0v) is 11.9. The summed E-state index contributed by atoms with van der Waals surface area (Å²) < 4.78 is 13.4. The molecule has 0 amide bonds. The van der Waals surface area contributed by atoms with Gasteiger partial charge in [0.05, 0.1) is 0 Å². The van der Waals surface area contributed by atoms with E-state index in [1.807, 2.05) is 12.1 Å². The van der Waals surface area contributed by atoms with E-state index in [-0.39, 0.29) is 11.4 Å². The number of nitrogens with one attached hydrogen (secondary N) is 1. The number of benzene rings is 1. The molecule has 17 heavy (non-hydrogen) atoms. The van der Waals surface area contributed by atoms with Crippen molar-refractivity contribution in [3.05, 3.63) is 30.1 Å². The van der Waals surface area contributed by atoms with Crippen molar-refractivity contribution in [2.45, 2.75) is 38.1 Å². The predicted octanol–water partition coefficient (Wildman–Crippen LogP) is 3.94. The van der Waals surface area contributed by atoms with E-state index in [9.17, 15) is 4.39 Å². The standard InChI is InChI=1S/C14H22FNS/c1-11(9-16-14(2,3)4)10-17-13-8-6-5-7-12(13)15/h5-8,11,16H,9-10H2,1-4H3. The van der Waals surface area contributed by atoms with Gasteiger partial charge in [-0.2, -0.15) is 0 Å². The van der Waals surface area contributed by atoms with Gasteiger partial charge in [0, 0.05) is 16.2 Å². The van der Waals surface area contributed by atoms with Gasteiger partial charge in [-0.3, -0.25) is 0 Å². The molecule has 1 N–H and O–H groups in total. The zero-order chi connectivity index (χ0) is 12.9. The fraction of sp³-hybridized carbons (Fsp3) is 0.571. The first-order valence-corrected chi connectivity index (χ1v) is 6.99. The van der Waals surface area contributed by atoms with Crippen LogP contribution in [-0.4, -0.2) is 17.8 Å². The lowest BCUT2D eigenvalue weighted by atomic mass is 10.1. The third-order valence-corrected chi connectivity index (χ3v) is 3.72. The van der Waals surface area contributed by atoms with E-state index in [1.165, 1.54) is 6.07 Å². The minimum absolute atomic E-state index is 0.117. The molecule has 0 radical (unpaired) electrons. The molecule has 0 aliphatic carbocycles. The lowest BCUT2D eigenvalue weighted by Crippen LogP contribution is -2.39. The topological polar surface area (TPSA) is 12.0 Å². The second kappa shape index (κ2) is 6.41. The van der Waals surface area contributed by atoms with Crippen molar-refractivity contribution in [3.8, 4) is 0 Å². The fourth-order valence-electron chi connectivity index (χ4n) is 1.33. The summed E-state index contributed by atoms with van der Waals surface area (Å²) in [5, 5.41) is 3.47. The number of thioether (sulfide) groups is 1. The quantitative estimate of drug-likeness (QED) is 0.800. The van der Waals surface area contributed by atoms with E-state index in [0.717, 1.165) is 17.2 Å². The molecule has 1 unspecified atom stereocenters. The molecule has 0 saturated heterocycles. The monoisotopic (exact) mass is 255 g/mol. The first-order valence-electron chi connectivity index (χ1n) is 6.01. The summed E-state index contributed by atoms with van der Waals surface area (Å²) in [6.07, 6.45) is 0. The van der Waals surface area contributed by atoms with Crippen molar-refractivity contribution in [2.75, 3.05) is 12.3 Å². The summed E-state index contributed by atoms with van der Waals surface area (Å²) in [7, 11) is 0. The molecule has 0 fully saturated rings. The summed E-state index contributed by atoms with van der Waals surface area (Å²) in [5.41, 5.74) is 0.150. The van der Waals surface area contributed by atoms with Gasteiger partial charge in [-0.15, -0.1) is 11.8 Å². The van der Waals surface area contributed by atoms with E-state index in [1.54, 1.807) is 17.8 Å². The largest absolute Gasteiger partial charge is 0.312 e. The smallest absolute Gasteiger partial charge is 0.136 e. The van der Waals surface area contributed by atoms with Crippen LogP contribution in [0.5, 0.6) is 0 Å². The van der Waals surface area contributed by atoms with E-state index >= 15 is 0 Å². The minimum atomic E-state index is -0.117. The molecule has 1 nitrogen and oxygen atoms in total. The number of hydrogen-bond donors (Lipinski definition) is 1. The Hall–Kier alpha value is -0.540. The van der Waals surface area contributed by atoms with Gasteiger partial charge in [0.1, 0.15) is 5.82 Å². The van der Waals surface area contributed by atoms with Crippen molar-refractivity contribution in [1.82, 2.24) is 5.32 Å². The molecule has 96 valence electrons. The maximum Gasteiger partial charge on any atom is 0.136 e. The highest BCUT2D eigenvalue weighted by molar-refractivity contribution is 7.99. The van der Waals surface area contributed by atoms with Crippen LogP contribution in [0.1, 0.15) is 27.7 Å². The highest BCUT2D eigenvalue weighted by Gasteiger charge is 2.11. The molecule has 0 bridgehead atoms. The summed E-state index contributed by atoms with van der Waals surface area (Å²) in [6, 6.07) is 6.96. The molecular weight excluding hydrogens is 233 g/mol. The van der Waals surface area contributed by atoms with Crippen molar-refractivity contribution in [1.29, 1.82) is 0 Å². The molecule has 0 aliphatic rings. The Bertz CT molecular complexity index is 346. The summed E-state index contributed by atoms with van der Waals surface area (Å²) in [6.45, 7) is 9.62. The van der Waals surface area contributed by atoms with Crippen molar-refractivity contribution >= 4 is 11.8 Å². The van der Waals surface area contributed by atoms with Crippen LogP contribution in [0.2, 0.25) is 0 Å². The van der Waals surface area contributed by atoms with Crippen LogP contribution in [0, 0.1) is 11.7 Å². The van der Waals surface area contributed by atoms with Gasteiger partial charge in [-0.25, -0.2) is 4.39 Å². The van der Waals surface area contributed by atoms with Gasteiger partial charge in [0.15, 0.2) is 0 Å². The number of rotatable bonds is 5. The molecule has 0 heterocycles. The molecule has 3 heteroatoms. The van der Waals surface area contributed by atoms with Crippen molar-refractivity contribution in [3.63, 3.8) is 0 Å². The third-order valence-electron chi connectivity index (χ3n) is 2.34. The summed E-state index contributed by atoms with van der Waals surface area (Å²) >= 11 is 1.59. The van der Waals surface area contributed by atoms with E-state index in [0.29, 0.717) is 5.92 Å². The second-order valence-electron chi connectivity index (χ2n) is 5.48. The molecular formula is C14H22FNS. The van der Waals surface area contributed by atoms with Gasteiger partial charge < -0.3 is 5.32 Å². The molecule has 0 aliphatic heterocycles. The molecule has 1 rings (SSSR count). The van der Waals surface area contributed by atoms with Crippen molar-refractivity contribution in [2.24, 2.45) is 5.92 Å². The average molecular weight is 255 g/mol. The van der Waals surface area contributed by atoms with Crippen LogP contribution in [0.15, 0.2) is 29.2 Å². The Balaban J connectivity index is 2.34. The van der Waals surface area contributed by atoms with Gasteiger partial charge >= 0.3 is 0 Å². The Morgan fingerprint density at radius 1 is 1.29 bits per heavy atom. The van der Waals surface area contributed by atoms with Gasteiger partial charge in [-0.05, 0) is 45.4 Å². The van der Waals surface area contributed by atoms with Crippen LogP contribution in [0.4, 0.5) is 4.39 Å². The Kier molecular flexibility index (Phi) is 5.47. The Morgan fingerprint density at radius 2 is 1.94 bits per heavy atom. The van der Waals surface area contributed by atoms with Crippen LogP contribution >= 0.6 is 11.8 Å². The maximum atomic E-state index is 13.4. The van der Waals surface area contributed by atoms with Gasteiger partial charge in [-0.1, -0.05) is 19.1 Å². The van der Waals surface area contributed by atoms with E-state index in [2.05, 4.69) is 33.0 Å². The highest BCUT2D eigenvalue weighted by Crippen LogP contribution is 2.23. The van der Waals surface area contributed by atoms with E-state index < -0.39 is 0 Å². The van der Waals surface area contributed by atoms with Crippen LogP contribution in [0.25, 0.3) is 0 Å². The van der Waals surface area contributed by atoms with Crippen LogP contribution in [0.3, 0.4) is 0 Å². The van der Waals surface area contributed by atoms with Crippen molar-refractivity contribution < 1.29 is 4.39 Å². The first kappa shape index (κ1) is 14.5. The first-order chi connectivity index (χ1) is 7.88. The SMILES string of the molecule is CC(CNC(C)(C)C)CSc1ccccc1F. The lowest BCUT2D eigenvalue weighted by Gasteiger charge is -2.23. The molecule has 1 aromatic carbocycles. The van der Waals surface area contributed by atoms with E-state index in [4.69, 9.17) is 0 Å². The number of hydrogen-bond acceptors (Lipinski definition) is 2. The predicted molar refractivity (Wildman–Crippen MR) is 74.0 cm³/mol. The van der Waals surface area contributed by atoms with Crippen LogP contribution < -0.4 is 5.32 Å².